The van der Waals surface area contributed by atoms with Crippen LogP contribution in [-0.4, -0.2) is 14.6 Å². The van der Waals surface area contributed by atoms with Crippen molar-refractivity contribution in [2.45, 2.75) is 6.92 Å². The molecule has 0 spiro atoms. The molecule has 3 rings (SSSR count). The van der Waals surface area contributed by atoms with Gasteiger partial charge in [0.1, 0.15) is 0 Å². The van der Waals surface area contributed by atoms with Crippen LogP contribution >= 0.6 is 15.9 Å². The molecule has 0 saturated carbocycles. The van der Waals surface area contributed by atoms with Crippen LogP contribution in [0, 0.1) is 6.92 Å². The van der Waals surface area contributed by atoms with Gasteiger partial charge in [-0.2, -0.15) is 0 Å². The summed E-state index contributed by atoms with van der Waals surface area (Å²) in [6.07, 6.45) is 0. The Morgan fingerprint density at radius 3 is 2.67 bits per heavy atom. The molecule has 3 aromatic rings. The number of nitrogens with zero attached hydrogens (tertiary/aromatic N) is 2. The van der Waals surface area contributed by atoms with Gasteiger partial charge in [-0.3, -0.25) is 9.89 Å². The van der Waals surface area contributed by atoms with Gasteiger partial charge in [0.25, 0.3) is 5.56 Å². The average Bonchev–Trinajstić information content (AvgIpc) is 2.74. The first-order valence-corrected chi connectivity index (χ1v) is 6.28. The maximum atomic E-state index is 11.8. The Morgan fingerprint density at radius 1 is 1.22 bits per heavy atom. The molecule has 5 heteroatoms. The second-order valence-electron chi connectivity index (χ2n) is 4.11. The van der Waals surface area contributed by atoms with Gasteiger partial charge in [0, 0.05) is 22.3 Å². The van der Waals surface area contributed by atoms with Gasteiger partial charge in [-0.1, -0.05) is 28.1 Å². The van der Waals surface area contributed by atoms with Gasteiger partial charge in [0.2, 0.25) is 0 Å². The van der Waals surface area contributed by atoms with Gasteiger partial charge in [-0.25, -0.2) is 9.50 Å². The third kappa shape index (κ3) is 1.86. The Hall–Kier alpha value is -1.88. The van der Waals surface area contributed by atoms with Crippen LogP contribution in [0.1, 0.15) is 5.69 Å². The zero-order chi connectivity index (χ0) is 12.7. The average molecular weight is 304 g/mol. The van der Waals surface area contributed by atoms with E-state index in [1.54, 1.807) is 0 Å². The second-order valence-corrected chi connectivity index (χ2v) is 5.02. The highest BCUT2D eigenvalue weighted by molar-refractivity contribution is 9.10. The molecule has 2 aromatic heterocycles. The van der Waals surface area contributed by atoms with Crippen LogP contribution in [0.15, 0.2) is 45.7 Å². The molecule has 4 nitrogen and oxygen atoms in total. The van der Waals surface area contributed by atoms with Crippen molar-refractivity contribution in [3.05, 3.63) is 56.9 Å². The maximum Gasteiger partial charge on any atom is 0.272 e. The van der Waals surface area contributed by atoms with E-state index in [0.717, 1.165) is 21.4 Å². The van der Waals surface area contributed by atoms with E-state index in [4.69, 9.17) is 0 Å². The monoisotopic (exact) mass is 303 g/mol. The van der Waals surface area contributed by atoms with Crippen molar-refractivity contribution in [2.75, 3.05) is 0 Å². The third-order valence-electron chi connectivity index (χ3n) is 2.73. The van der Waals surface area contributed by atoms with E-state index in [1.165, 1.54) is 10.6 Å². The first-order valence-electron chi connectivity index (χ1n) is 5.49. The quantitative estimate of drug-likeness (QED) is 0.751. The summed E-state index contributed by atoms with van der Waals surface area (Å²) in [7, 11) is 0. The normalized spacial score (nSPS) is 11.0. The Balaban J connectivity index is 2.22. The lowest BCUT2D eigenvalue weighted by Gasteiger charge is -1.96. The first-order chi connectivity index (χ1) is 8.63. The molecule has 2 heterocycles. The van der Waals surface area contributed by atoms with Gasteiger partial charge in [0.05, 0.1) is 5.69 Å². The minimum absolute atomic E-state index is 0.0964. The van der Waals surface area contributed by atoms with Crippen molar-refractivity contribution in [1.29, 1.82) is 0 Å². The van der Waals surface area contributed by atoms with E-state index in [9.17, 15) is 4.79 Å². The standard InChI is InChI=1S/C13H10BrN3O/c1-8-6-13(18)17-12(15-8)7-11(16-17)9-2-4-10(14)5-3-9/h2-7,16H,1H3. The lowest BCUT2D eigenvalue weighted by molar-refractivity contribution is 0.893. The maximum absolute atomic E-state index is 11.8. The highest BCUT2D eigenvalue weighted by Gasteiger charge is 2.06. The molecule has 0 amide bonds. The number of H-pyrrole nitrogens is 1. The lowest BCUT2D eigenvalue weighted by Crippen LogP contribution is -2.14. The number of aromatic nitrogens is 3. The number of nitrogens with one attached hydrogen (secondary N) is 1. The van der Waals surface area contributed by atoms with Crippen molar-refractivity contribution >= 4 is 21.6 Å². The van der Waals surface area contributed by atoms with Gasteiger partial charge < -0.3 is 0 Å². The zero-order valence-corrected chi connectivity index (χ0v) is 11.2. The Kier molecular flexibility index (Phi) is 2.56. The molecular formula is C13H10BrN3O. The fourth-order valence-electron chi connectivity index (χ4n) is 1.89. The van der Waals surface area contributed by atoms with Crippen molar-refractivity contribution in [3.63, 3.8) is 0 Å². The van der Waals surface area contributed by atoms with Gasteiger partial charge in [-0.05, 0) is 24.6 Å². The number of fused-ring (bicyclic) bond motifs is 1. The number of rotatable bonds is 1. The highest BCUT2D eigenvalue weighted by atomic mass is 79.9. The molecule has 0 radical (unpaired) electrons. The summed E-state index contributed by atoms with van der Waals surface area (Å²) in [6, 6.07) is 11.3. The third-order valence-corrected chi connectivity index (χ3v) is 3.26. The van der Waals surface area contributed by atoms with Gasteiger partial charge in [0.15, 0.2) is 5.65 Å². The second kappa shape index (κ2) is 4.10. The summed E-state index contributed by atoms with van der Waals surface area (Å²) >= 11 is 3.40. The number of aromatic amines is 1. The summed E-state index contributed by atoms with van der Waals surface area (Å²) in [4.78, 5) is 16.1. The van der Waals surface area contributed by atoms with Crippen LogP contribution in [0.2, 0.25) is 0 Å². The SMILES string of the molecule is Cc1cc(=O)n2[nH]c(-c3ccc(Br)cc3)cc2n1. The number of halogens is 1. The largest absolute Gasteiger partial charge is 0.289 e. The molecule has 0 aliphatic rings. The fourth-order valence-corrected chi connectivity index (χ4v) is 2.15. The molecule has 0 aliphatic carbocycles. The first kappa shape index (κ1) is 11.2. The molecule has 1 aromatic carbocycles. The van der Waals surface area contributed by atoms with Crippen LogP contribution in [0.3, 0.4) is 0 Å². The molecule has 0 bridgehead atoms. The van der Waals surface area contributed by atoms with Crippen LogP contribution < -0.4 is 5.56 Å². The Labute approximate surface area is 111 Å². The lowest BCUT2D eigenvalue weighted by atomic mass is 10.2. The predicted octanol–water partition coefficient (Wildman–Crippen LogP) is 2.76. The van der Waals surface area contributed by atoms with E-state index in [-0.39, 0.29) is 5.56 Å². The van der Waals surface area contributed by atoms with Crippen LogP contribution in [0.4, 0.5) is 0 Å². The molecule has 0 atom stereocenters. The van der Waals surface area contributed by atoms with Crippen molar-refractivity contribution < 1.29 is 0 Å². The minimum Gasteiger partial charge on any atom is -0.289 e. The van der Waals surface area contributed by atoms with Gasteiger partial charge >= 0.3 is 0 Å². The molecule has 0 saturated heterocycles. The molecule has 0 aliphatic heterocycles. The molecule has 18 heavy (non-hydrogen) atoms. The van der Waals surface area contributed by atoms with Crippen molar-refractivity contribution in [2.24, 2.45) is 0 Å². The number of benzene rings is 1. The smallest absolute Gasteiger partial charge is 0.272 e. The molecule has 90 valence electrons. The molecule has 0 fully saturated rings. The highest BCUT2D eigenvalue weighted by Crippen LogP contribution is 2.20. The van der Waals surface area contributed by atoms with E-state index in [2.05, 4.69) is 26.0 Å². The van der Waals surface area contributed by atoms with Crippen molar-refractivity contribution in [1.82, 2.24) is 14.6 Å². The predicted molar refractivity (Wildman–Crippen MR) is 73.7 cm³/mol. The summed E-state index contributed by atoms with van der Waals surface area (Å²) < 4.78 is 2.47. The number of hydrogen-bond donors (Lipinski definition) is 1. The fraction of sp³-hybridized carbons (Fsp3) is 0.0769. The number of hydrogen-bond acceptors (Lipinski definition) is 2. The van der Waals surface area contributed by atoms with E-state index >= 15 is 0 Å². The minimum atomic E-state index is -0.0964. The van der Waals surface area contributed by atoms with Crippen molar-refractivity contribution in [3.8, 4) is 11.3 Å². The Morgan fingerprint density at radius 2 is 1.94 bits per heavy atom. The summed E-state index contributed by atoms with van der Waals surface area (Å²) in [5, 5.41) is 3.05. The molecule has 1 N–H and O–H groups in total. The topological polar surface area (TPSA) is 50.2 Å². The Bertz CT molecular complexity index is 771. The van der Waals surface area contributed by atoms with E-state index in [0.29, 0.717) is 5.65 Å². The van der Waals surface area contributed by atoms with Crippen LogP contribution in [0.25, 0.3) is 16.9 Å². The van der Waals surface area contributed by atoms with Crippen LogP contribution in [-0.2, 0) is 0 Å². The summed E-state index contributed by atoms with van der Waals surface area (Å²) in [5.41, 5.74) is 3.15. The molecular weight excluding hydrogens is 294 g/mol. The van der Waals surface area contributed by atoms with Gasteiger partial charge in [-0.15, -0.1) is 0 Å². The number of aryl methyl sites for hydroxylation is 1. The summed E-state index contributed by atoms with van der Waals surface area (Å²) in [5.74, 6) is 0. The van der Waals surface area contributed by atoms with E-state index < -0.39 is 0 Å². The van der Waals surface area contributed by atoms with Crippen LogP contribution in [0.5, 0.6) is 0 Å². The summed E-state index contributed by atoms with van der Waals surface area (Å²) in [6.45, 7) is 1.81. The zero-order valence-electron chi connectivity index (χ0n) is 9.64. The molecule has 0 unspecified atom stereocenters. The van der Waals surface area contributed by atoms with E-state index in [1.807, 2.05) is 37.3 Å².